The van der Waals surface area contributed by atoms with Crippen molar-refractivity contribution >= 4 is 5.97 Å². The van der Waals surface area contributed by atoms with E-state index in [4.69, 9.17) is 9.84 Å². The lowest BCUT2D eigenvalue weighted by Crippen LogP contribution is -2.43. The lowest BCUT2D eigenvalue weighted by molar-refractivity contribution is -0.152. The number of aliphatic carboxylic acids is 1. The lowest BCUT2D eigenvalue weighted by Gasteiger charge is -2.25. The van der Waals surface area contributed by atoms with E-state index in [-0.39, 0.29) is 17.5 Å². The molecule has 0 saturated heterocycles. The van der Waals surface area contributed by atoms with E-state index in [1.54, 1.807) is 0 Å². The number of carboxylic acids is 1. The largest absolute Gasteiger partial charge is 0.479 e. The highest BCUT2D eigenvalue weighted by molar-refractivity contribution is 5.72. The molecule has 1 aromatic heterocycles. The molecule has 110 valence electrons. The van der Waals surface area contributed by atoms with Crippen molar-refractivity contribution in [3.05, 3.63) is 28.4 Å². The fourth-order valence-electron chi connectivity index (χ4n) is 2.80. The number of ether oxygens (including phenoxy) is 1. The van der Waals surface area contributed by atoms with Gasteiger partial charge in [-0.05, 0) is 12.8 Å². The van der Waals surface area contributed by atoms with Crippen LogP contribution in [0.3, 0.4) is 0 Å². The van der Waals surface area contributed by atoms with Crippen molar-refractivity contribution in [2.24, 2.45) is 5.92 Å². The average Bonchev–Trinajstić information content (AvgIpc) is 2.86. The number of H-pyrrole nitrogens is 1. The Labute approximate surface area is 116 Å². The van der Waals surface area contributed by atoms with Crippen LogP contribution in [0.25, 0.3) is 0 Å². The van der Waals surface area contributed by atoms with Crippen molar-refractivity contribution in [1.29, 1.82) is 0 Å². The molecule has 0 aliphatic heterocycles. The Hall–Kier alpha value is -1.73. The van der Waals surface area contributed by atoms with Crippen LogP contribution in [0.2, 0.25) is 0 Å². The number of carboxylic acid groups (broad SMARTS) is 1. The van der Waals surface area contributed by atoms with Crippen LogP contribution < -0.4 is 10.9 Å². The third kappa shape index (κ3) is 3.23. The van der Waals surface area contributed by atoms with Gasteiger partial charge in [0.05, 0.1) is 0 Å². The molecule has 1 aliphatic rings. The minimum absolute atomic E-state index is 0.0254. The van der Waals surface area contributed by atoms with E-state index in [9.17, 15) is 9.59 Å². The van der Waals surface area contributed by atoms with Crippen LogP contribution >= 0.6 is 0 Å². The van der Waals surface area contributed by atoms with Gasteiger partial charge in [0.1, 0.15) is 5.69 Å². The van der Waals surface area contributed by atoms with Gasteiger partial charge in [-0.1, -0.05) is 6.42 Å². The first-order valence-corrected chi connectivity index (χ1v) is 6.65. The zero-order valence-electron chi connectivity index (χ0n) is 11.3. The number of aromatic nitrogens is 2. The Morgan fingerprint density at radius 3 is 3.10 bits per heavy atom. The minimum Gasteiger partial charge on any atom is -0.479 e. The number of hydrogen-bond acceptors (Lipinski definition) is 5. The fourth-order valence-corrected chi connectivity index (χ4v) is 2.80. The smallest absolute Gasteiger partial charge is 0.333 e. The van der Waals surface area contributed by atoms with E-state index in [0.29, 0.717) is 12.2 Å². The second-order valence-electron chi connectivity index (χ2n) is 4.94. The van der Waals surface area contributed by atoms with Gasteiger partial charge in [0, 0.05) is 38.0 Å². The normalized spacial score (nSPS) is 23.6. The summed E-state index contributed by atoms with van der Waals surface area (Å²) >= 11 is 0. The number of rotatable bonds is 6. The number of nitrogens with one attached hydrogen (secondary N) is 2. The summed E-state index contributed by atoms with van der Waals surface area (Å²) in [6, 6.07) is 0.0254. The Morgan fingerprint density at radius 2 is 2.45 bits per heavy atom. The molecular weight excluding hydrogens is 262 g/mol. The molecule has 0 bridgehead atoms. The molecule has 0 radical (unpaired) electrons. The quantitative estimate of drug-likeness (QED) is 0.684. The maximum Gasteiger partial charge on any atom is 0.333 e. The van der Waals surface area contributed by atoms with Gasteiger partial charge in [0.2, 0.25) is 0 Å². The first kappa shape index (κ1) is 14.7. The second kappa shape index (κ2) is 6.62. The summed E-state index contributed by atoms with van der Waals surface area (Å²) in [5.41, 5.74) is 0.179. The summed E-state index contributed by atoms with van der Waals surface area (Å²) in [5, 5.41) is 12.4. The number of hydrogen-bond donors (Lipinski definition) is 3. The maximum atomic E-state index is 11.5. The molecular formula is C13H19N3O4. The molecule has 1 saturated carbocycles. The lowest BCUT2D eigenvalue weighted by atomic mass is 9.96. The van der Waals surface area contributed by atoms with Gasteiger partial charge in [-0.3, -0.25) is 9.78 Å². The molecule has 0 amide bonds. The average molecular weight is 281 g/mol. The van der Waals surface area contributed by atoms with Crippen molar-refractivity contribution in [2.45, 2.75) is 38.0 Å². The van der Waals surface area contributed by atoms with Crippen molar-refractivity contribution in [1.82, 2.24) is 15.3 Å². The molecule has 1 fully saturated rings. The standard InChI is InChI=1S/C13H19N3O4/c1-20-11(13(18)19)8-3-2-4-9(8)16-7-10-12(17)15-6-5-14-10/h5-6,8-9,11,16H,2-4,7H2,1H3,(H,15,17)(H,18,19). The van der Waals surface area contributed by atoms with Gasteiger partial charge < -0.3 is 20.1 Å². The Kier molecular flexibility index (Phi) is 4.86. The Morgan fingerprint density at radius 1 is 1.65 bits per heavy atom. The monoisotopic (exact) mass is 281 g/mol. The van der Waals surface area contributed by atoms with Crippen molar-refractivity contribution in [2.75, 3.05) is 7.11 Å². The molecule has 3 N–H and O–H groups in total. The number of nitrogens with zero attached hydrogens (tertiary/aromatic N) is 1. The summed E-state index contributed by atoms with van der Waals surface area (Å²) in [6.45, 7) is 0.327. The van der Waals surface area contributed by atoms with Gasteiger partial charge in [-0.25, -0.2) is 4.79 Å². The number of methoxy groups -OCH3 is 1. The van der Waals surface area contributed by atoms with Crippen molar-refractivity contribution in [3.8, 4) is 0 Å². The van der Waals surface area contributed by atoms with Crippen LogP contribution in [0.4, 0.5) is 0 Å². The van der Waals surface area contributed by atoms with Crippen LogP contribution in [0.1, 0.15) is 25.0 Å². The summed E-state index contributed by atoms with van der Waals surface area (Å²) in [4.78, 5) is 29.3. The first-order chi connectivity index (χ1) is 9.63. The first-order valence-electron chi connectivity index (χ1n) is 6.65. The van der Waals surface area contributed by atoms with Gasteiger partial charge in [0.15, 0.2) is 6.10 Å². The molecule has 1 heterocycles. The highest BCUT2D eigenvalue weighted by Crippen LogP contribution is 2.30. The molecule has 1 aliphatic carbocycles. The third-order valence-electron chi connectivity index (χ3n) is 3.77. The van der Waals surface area contributed by atoms with E-state index in [2.05, 4.69) is 15.3 Å². The Bertz CT molecular complexity index is 516. The molecule has 7 heteroatoms. The summed E-state index contributed by atoms with van der Waals surface area (Å²) < 4.78 is 5.08. The molecule has 0 aromatic carbocycles. The van der Waals surface area contributed by atoms with E-state index < -0.39 is 12.1 Å². The van der Waals surface area contributed by atoms with E-state index in [1.807, 2.05) is 0 Å². The summed E-state index contributed by atoms with van der Waals surface area (Å²) in [7, 11) is 1.41. The van der Waals surface area contributed by atoms with E-state index in [0.717, 1.165) is 19.3 Å². The third-order valence-corrected chi connectivity index (χ3v) is 3.77. The van der Waals surface area contributed by atoms with Crippen molar-refractivity contribution in [3.63, 3.8) is 0 Å². The van der Waals surface area contributed by atoms with Crippen LogP contribution in [0, 0.1) is 5.92 Å². The molecule has 2 rings (SSSR count). The molecule has 3 unspecified atom stereocenters. The zero-order valence-corrected chi connectivity index (χ0v) is 11.3. The van der Waals surface area contributed by atoms with Gasteiger partial charge in [-0.2, -0.15) is 0 Å². The fraction of sp³-hybridized carbons (Fsp3) is 0.615. The van der Waals surface area contributed by atoms with E-state index in [1.165, 1.54) is 19.5 Å². The molecule has 20 heavy (non-hydrogen) atoms. The highest BCUT2D eigenvalue weighted by Gasteiger charge is 2.37. The minimum atomic E-state index is -0.943. The summed E-state index contributed by atoms with van der Waals surface area (Å²) in [6.07, 6.45) is 4.84. The van der Waals surface area contributed by atoms with E-state index >= 15 is 0 Å². The highest BCUT2D eigenvalue weighted by atomic mass is 16.5. The second-order valence-corrected chi connectivity index (χ2v) is 4.94. The SMILES string of the molecule is COC(C(=O)O)C1CCCC1NCc1ncc[nH]c1=O. The van der Waals surface area contributed by atoms with Crippen LogP contribution in [-0.4, -0.2) is 40.3 Å². The topological polar surface area (TPSA) is 104 Å². The molecule has 1 aromatic rings. The molecule has 0 spiro atoms. The summed E-state index contributed by atoms with van der Waals surface area (Å²) in [5.74, 6) is -1.03. The van der Waals surface area contributed by atoms with Crippen LogP contribution in [0.15, 0.2) is 17.2 Å². The zero-order chi connectivity index (χ0) is 14.5. The predicted octanol–water partition coefficient (Wildman–Crippen LogP) is 0.128. The van der Waals surface area contributed by atoms with Crippen molar-refractivity contribution < 1.29 is 14.6 Å². The predicted molar refractivity (Wildman–Crippen MR) is 71.3 cm³/mol. The van der Waals surface area contributed by atoms with Crippen LogP contribution in [0.5, 0.6) is 0 Å². The van der Waals surface area contributed by atoms with Gasteiger partial charge in [-0.15, -0.1) is 0 Å². The maximum absolute atomic E-state index is 11.5. The number of aromatic amines is 1. The molecule has 3 atom stereocenters. The number of carbonyl (C=O) groups is 1. The molecule has 7 nitrogen and oxygen atoms in total. The Balaban J connectivity index is 2.00. The van der Waals surface area contributed by atoms with Gasteiger partial charge >= 0.3 is 5.97 Å². The van der Waals surface area contributed by atoms with Crippen LogP contribution in [-0.2, 0) is 16.1 Å². The van der Waals surface area contributed by atoms with Gasteiger partial charge in [0.25, 0.3) is 5.56 Å².